The lowest BCUT2D eigenvalue weighted by Crippen LogP contribution is -2.26. The Balaban J connectivity index is 2.07. The Morgan fingerprint density at radius 2 is 2.18 bits per heavy atom. The molecule has 0 fully saturated rings. The number of carboxylic acids is 1. The Hall–Kier alpha value is -1.40. The molecule has 122 valence electrons. The summed E-state index contributed by atoms with van der Waals surface area (Å²) in [6.45, 7) is 2.85. The van der Waals surface area contributed by atoms with Gasteiger partial charge in [0.15, 0.2) is 0 Å². The SMILES string of the molecule is Cc1cc(OCCCC(=O)NCCSCC(=O)O)ccc1Cl. The maximum atomic E-state index is 11.5. The minimum atomic E-state index is -0.842. The number of nitrogens with one attached hydrogen (secondary N) is 1. The van der Waals surface area contributed by atoms with E-state index in [-0.39, 0.29) is 11.7 Å². The first-order valence-corrected chi connectivity index (χ1v) is 8.47. The number of ether oxygens (including phenoxy) is 1. The van der Waals surface area contributed by atoms with Crippen LogP contribution in [0.4, 0.5) is 0 Å². The normalized spacial score (nSPS) is 10.3. The van der Waals surface area contributed by atoms with Gasteiger partial charge in [-0.15, -0.1) is 11.8 Å². The molecule has 1 aromatic rings. The van der Waals surface area contributed by atoms with Crippen molar-refractivity contribution in [3.63, 3.8) is 0 Å². The summed E-state index contributed by atoms with van der Waals surface area (Å²) in [4.78, 5) is 21.8. The molecule has 7 heteroatoms. The summed E-state index contributed by atoms with van der Waals surface area (Å²) in [6.07, 6.45) is 1.01. The van der Waals surface area contributed by atoms with Crippen LogP contribution in [0.2, 0.25) is 5.02 Å². The molecule has 0 saturated carbocycles. The van der Waals surface area contributed by atoms with Crippen molar-refractivity contribution in [1.29, 1.82) is 0 Å². The number of amides is 1. The second-order valence-corrected chi connectivity index (χ2v) is 6.17. The molecule has 0 aliphatic carbocycles. The van der Waals surface area contributed by atoms with Crippen molar-refractivity contribution in [2.75, 3.05) is 24.7 Å². The summed E-state index contributed by atoms with van der Waals surface area (Å²) in [6, 6.07) is 5.45. The first-order valence-electron chi connectivity index (χ1n) is 6.94. The lowest BCUT2D eigenvalue weighted by atomic mass is 10.2. The van der Waals surface area contributed by atoms with E-state index in [2.05, 4.69) is 5.32 Å². The van der Waals surface area contributed by atoms with Crippen LogP contribution in [0.15, 0.2) is 18.2 Å². The van der Waals surface area contributed by atoms with Crippen molar-refractivity contribution in [2.24, 2.45) is 0 Å². The lowest BCUT2D eigenvalue weighted by molar-refractivity contribution is -0.133. The first-order chi connectivity index (χ1) is 10.5. The zero-order valence-corrected chi connectivity index (χ0v) is 14.0. The average Bonchev–Trinajstić information content (AvgIpc) is 2.46. The highest BCUT2D eigenvalue weighted by atomic mass is 35.5. The number of hydrogen-bond acceptors (Lipinski definition) is 4. The van der Waals surface area contributed by atoms with E-state index in [1.54, 1.807) is 12.1 Å². The Bertz CT molecular complexity index is 510. The van der Waals surface area contributed by atoms with Gasteiger partial charge in [-0.1, -0.05) is 11.6 Å². The smallest absolute Gasteiger partial charge is 0.313 e. The number of rotatable bonds is 10. The molecule has 0 heterocycles. The number of thioether (sulfide) groups is 1. The van der Waals surface area contributed by atoms with Crippen LogP contribution >= 0.6 is 23.4 Å². The molecule has 5 nitrogen and oxygen atoms in total. The summed E-state index contributed by atoms with van der Waals surface area (Å²) < 4.78 is 5.55. The fourth-order valence-corrected chi connectivity index (χ4v) is 2.32. The summed E-state index contributed by atoms with van der Waals surface area (Å²) in [5.41, 5.74) is 0.954. The van der Waals surface area contributed by atoms with Crippen LogP contribution in [0.1, 0.15) is 18.4 Å². The van der Waals surface area contributed by atoms with E-state index in [1.165, 1.54) is 11.8 Å². The molecule has 0 atom stereocenters. The van der Waals surface area contributed by atoms with Gasteiger partial charge < -0.3 is 15.2 Å². The molecule has 0 aromatic heterocycles. The number of aliphatic carboxylic acids is 1. The molecule has 2 N–H and O–H groups in total. The Morgan fingerprint density at radius 3 is 2.86 bits per heavy atom. The Kier molecular flexibility index (Phi) is 8.77. The Labute approximate surface area is 139 Å². The van der Waals surface area contributed by atoms with Gasteiger partial charge >= 0.3 is 5.97 Å². The first kappa shape index (κ1) is 18.6. The summed E-state index contributed by atoms with van der Waals surface area (Å²) >= 11 is 7.21. The van der Waals surface area contributed by atoms with Gasteiger partial charge in [0.2, 0.25) is 5.91 Å². The molecule has 1 amide bonds. The molecule has 0 bridgehead atoms. The number of carbonyl (C=O) groups is 2. The van der Waals surface area contributed by atoms with Crippen molar-refractivity contribution < 1.29 is 19.4 Å². The van der Waals surface area contributed by atoms with E-state index in [0.29, 0.717) is 36.8 Å². The van der Waals surface area contributed by atoms with E-state index in [4.69, 9.17) is 21.4 Å². The molecule has 1 aromatic carbocycles. The van der Waals surface area contributed by atoms with Gasteiger partial charge in [-0.3, -0.25) is 9.59 Å². The molecule has 0 aliphatic heterocycles. The Morgan fingerprint density at radius 1 is 1.41 bits per heavy atom. The van der Waals surface area contributed by atoms with Gasteiger partial charge in [-0.05, 0) is 37.1 Å². The fourth-order valence-electron chi connectivity index (χ4n) is 1.64. The highest BCUT2D eigenvalue weighted by molar-refractivity contribution is 7.99. The average molecular weight is 346 g/mol. The van der Waals surface area contributed by atoms with Gasteiger partial charge in [0.05, 0.1) is 12.4 Å². The second-order valence-electron chi connectivity index (χ2n) is 4.66. The van der Waals surface area contributed by atoms with Gasteiger partial charge in [0, 0.05) is 23.7 Å². The number of aryl methyl sites for hydroxylation is 1. The molecule has 1 rings (SSSR count). The maximum Gasteiger partial charge on any atom is 0.313 e. The topological polar surface area (TPSA) is 75.6 Å². The van der Waals surface area contributed by atoms with Crippen molar-refractivity contribution >= 4 is 35.2 Å². The third-order valence-corrected chi connectivity index (χ3v) is 4.11. The fraction of sp³-hybridized carbons (Fsp3) is 0.467. The van der Waals surface area contributed by atoms with E-state index in [0.717, 1.165) is 11.3 Å². The number of carboxylic acid groups (broad SMARTS) is 1. The number of hydrogen-bond donors (Lipinski definition) is 2. The van der Waals surface area contributed by atoms with Crippen LogP contribution in [0, 0.1) is 6.92 Å². The summed E-state index contributed by atoms with van der Waals surface area (Å²) in [5, 5.41) is 11.9. The molecular formula is C15H20ClNO4S. The highest BCUT2D eigenvalue weighted by Gasteiger charge is 2.03. The standard InChI is InChI=1S/C15H20ClNO4S/c1-11-9-12(4-5-13(11)16)21-7-2-3-14(18)17-6-8-22-10-15(19)20/h4-5,9H,2-3,6-8,10H2,1H3,(H,17,18)(H,19,20). The van der Waals surface area contributed by atoms with E-state index in [1.807, 2.05) is 13.0 Å². The minimum absolute atomic E-state index is 0.0492. The van der Waals surface area contributed by atoms with Crippen LogP contribution in [0.5, 0.6) is 5.75 Å². The molecule has 0 radical (unpaired) electrons. The van der Waals surface area contributed by atoms with Crippen LogP contribution in [-0.4, -0.2) is 41.6 Å². The van der Waals surface area contributed by atoms with Crippen molar-refractivity contribution in [2.45, 2.75) is 19.8 Å². The molecule has 0 aliphatic rings. The lowest BCUT2D eigenvalue weighted by Gasteiger charge is -2.08. The van der Waals surface area contributed by atoms with Crippen LogP contribution in [-0.2, 0) is 9.59 Å². The maximum absolute atomic E-state index is 11.5. The predicted octanol–water partition coefficient (Wildman–Crippen LogP) is 2.74. The van der Waals surface area contributed by atoms with Gasteiger partial charge in [-0.25, -0.2) is 0 Å². The number of carbonyl (C=O) groups excluding carboxylic acids is 1. The molecule has 0 unspecified atom stereocenters. The predicted molar refractivity (Wildman–Crippen MR) is 88.9 cm³/mol. The molecule has 0 spiro atoms. The summed E-state index contributed by atoms with van der Waals surface area (Å²) in [7, 11) is 0. The zero-order valence-electron chi connectivity index (χ0n) is 12.4. The van der Waals surface area contributed by atoms with Crippen LogP contribution in [0.3, 0.4) is 0 Å². The summed E-state index contributed by atoms with van der Waals surface area (Å²) in [5.74, 6) is 0.508. The molecular weight excluding hydrogens is 326 g/mol. The number of benzene rings is 1. The van der Waals surface area contributed by atoms with Gasteiger partial charge in [-0.2, -0.15) is 0 Å². The van der Waals surface area contributed by atoms with E-state index >= 15 is 0 Å². The quantitative estimate of drug-likeness (QED) is 0.638. The second kappa shape index (κ2) is 10.3. The molecule has 22 heavy (non-hydrogen) atoms. The van der Waals surface area contributed by atoms with Gasteiger partial charge in [0.1, 0.15) is 5.75 Å². The van der Waals surface area contributed by atoms with Crippen LogP contribution in [0.25, 0.3) is 0 Å². The minimum Gasteiger partial charge on any atom is -0.494 e. The van der Waals surface area contributed by atoms with Crippen LogP contribution < -0.4 is 10.1 Å². The zero-order chi connectivity index (χ0) is 16.4. The highest BCUT2D eigenvalue weighted by Crippen LogP contribution is 2.21. The van der Waals surface area contributed by atoms with E-state index < -0.39 is 5.97 Å². The molecule has 0 saturated heterocycles. The van der Waals surface area contributed by atoms with E-state index in [9.17, 15) is 9.59 Å². The van der Waals surface area contributed by atoms with Crippen molar-refractivity contribution in [1.82, 2.24) is 5.32 Å². The largest absolute Gasteiger partial charge is 0.494 e. The van der Waals surface area contributed by atoms with Crippen molar-refractivity contribution in [3.05, 3.63) is 28.8 Å². The van der Waals surface area contributed by atoms with Crippen molar-refractivity contribution in [3.8, 4) is 5.75 Å². The third-order valence-electron chi connectivity index (χ3n) is 2.74. The van der Waals surface area contributed by atoms with Gasteiger partial charge in [0.25, 0.3) is 0 Å². The third kappa shape index (κ3) is 8.14. The number of halogens is 1. The monoisotopic (exact) mass is 345 g/mol.